The number of methoxy groups -OCH3 is 1. The second-order valence-electron chi connectivity index (χ2n) is 4.15. The summed E-state index contributed by atoms with van der Waals surface area (Å²) in [5.74, 6) is -1.12. The third kappa shape index (κ3) is 4.09. The summed E-state index contributed by atoms with van der Waals surface area (Å²) in [4.78, 5) is 22.7. The van der Waals surface area contributed by atoms with Gasteiger partial charge in [0.2, 0.25) is 0 Å². The molecule has 0 saturated heterocycles. The van der Waals surface area contributed by atoms with Crippen LogP contribution in [0, 0.1) is 11.3 Å². The van der Waals surface area contributed by atoms with Crippen LogP contribution in [-0.4, -0.2) is 41.5 Å². The van der Waals surface area contributed by atoms with E-state index in [4.69, 9.17) is 15.1 Å². The summed E-state index contributed by atoms with van der Waals surface area (Å²) < 4.78 is 5.03. The first-order valence-corrected chi connectivity index (χ1v) is 5.96. The van der Waals surface area contributed by atoms with Gasteiger partial charge in [0.1, 0.15) is 17.5 Å². The molecule has 2 atom stereocenters. The van der Waals surface area contributed by atoms with Crippen molar-refractivity contribution in [3.8, 4) is 11.8 Å². The normalized spacial score (nSPS) is 12.7. The molecule has 0 unspecified atom stereocenters. The average molecular weight is 293 g/mol. The van der Waals surface area contributed by atoms with Gasteiger partial charge in [0.25, 0.3) is 0 Å². The van der Waals surface area contributed by atoms with E-state index in [0.717, 1.165) is 0 Å². The lowest BCUT2D eigenvalue weighted by Crippen LogP contribution is -2.49. The van der Waals surface area contributed by atoms with Crippen LogP contribution in [0.25, 0.3) is 0 Å². The van der Waals surface area contributed by atoms with Crippen molar-refractivity contribution in [1.29, 1.82) is 5.26 Å². The molecule has 2 amide bonds. The van der Waals surface area contributed by atoms with Gasteiger partial charge in [-0.2, -0.15) is 5.26 Å². The third-order valence-corrected chi connectivity index (χ3v) is 2.64. The van der Waals surface area contributed by atoms with Gasteiger partial charge in [-0.25, -0.2) is 9.59 Å². The van der Waals surface area contributed by atoms with Crippen LogP contribution in [-0.2, 0) is 4.79 Å². The zero-order chi connectivity index (χ0) is 16.0. The van der Waals surface area contributed by atoms with Crippen molar-refractivity contribution in [1.82, 2.24) is 5.32 Å². The van der Waals surface area contributed by atoms with Gasteiger partial charge >= 0.3 is 12.0 Å². The quantitative estimate of drug-likeness (QED) is 0.626. The van der Waals surface area contributed by atoms with Gasteiger partial charge in [0, 0.05) is 0 Å². The third-order valence-electron chi connectivity index (χ3n) is 2.64. The molecular weight excluding hydrogens is 278 g/mol. The number of nitrogens with one attached hydrogen (secondary N) is 2. The summed E-state index contributed by atoms with van der Waals surface area (Å²) in [6, 6.07) is 4.14. The number of rotatable bonds is 5. The number of aliphatic hydroxyl groups excluding tert-OH is 1. The fraction of sp³-hybridized carbons (Fsp3) is 0.308. The van der Waals surface area contributed by atoms with Crippen LogP contribution in [0.3, 0.4) is 0 Å². The Morgan fingerprint density at radius 3 is 2.57 bits per heavy atom. The Hall–Kier alpha value is -2.79. The van der Waals surface area contributed by atoms with Crippen LogP contribution in [0.2, 0.25) is 0 Å². The van der Waals surface area contributed by atoms with Gasteiger partial charge in [0.15, 0.2) is 6.04 Å². The number of amides is 2. The highest BCUT2D eigenvalue weighted by molar-refractivity contribution is 5.95. The van der Waals surface area contributed by atoms with Gasteiger partial charge in [-0.1, -0.05) is 6.07 Å². The number of aliphatic hydroxyl groups is 1. The molecule has 21 heavy (non-hydrogen) atoms. The number of anilines is 1. The van der Waals surface area contributed by atoms with Crippen LogP contribution >= 0.6 is 0 Å². The number of carbonyl (C=O) groups excluding carboxylic acids is 1. The zero-order valence-electron chi connectivity index (χ0n) is 11.5. The summed E-state index contributed by atoms with van der Waals surface area (Å²) in [6.07, 6.45) is -1.28. The first-order valence-electron chi connectivity index (χ1n) is 5.96. The highest BCUT2D eigenvalue weighted by Crippen LogP contribution is 2.27. The number of carbonyl (C=O) groups is 2. The maximum atomic E-state index is 11.8. The van der Waals surface area contributed by atoms with E-state index in [0.29, 0.717) is 0 Å². The fourth-order valence-corrected chi connectivity index (χ4v) is 1.60. The summed E-state index contributed by atoms with van der Waals surface area (Å²) in [6.45, 7) is 1.24. The molecule has 0 aliphatic heterocycles. The molecule has 0 aliphatic rings. The molecule has 0 spiro atoms. The van der Waals surface area contributed by atoms with Gasteiger partial charge < -0.3 is 25.6 Å². The second-order valence-corrected chi connectivity index (χ2v) is 4.15. The van der Waals surface area contributed by atoms with Gasteiger partial charge in [-0.3, -0.25) is 0 Å². The maximum absolute atomic E-state index is 11.8. The van der Waals surface area contributed by atoms with E-state index in [1.165, 1.54) is 20.1 Å². The Bertz CT molecular complexity index is 580. The Labute approximate surface area is 121 Å². The number of urea groups is 1. The molecule has 0 fully saturated rings. The Morgan fingerprint density at radius 2 is 2.10 bits per heavy atom. The fourth-order valence-electron chi connectivity index (χ4n) is 1.60. The molecule has 0 bridgehead atoms. The number of hydrogen-bond acceptors (Lipinski definition) is 5. The van der Waals surface area contributed by atoms with Gasteiger partial charge in [-0.05, 0) is 19.1 Å². The Balaban J connectivity index is 2.94. The summed E-state index contributed by atoms with van der Waals surface area (Å²) >= 11 is 0. The Kier molecular flexibility index (Phi) is 5.51. The van der Waals surface area contributed by atoms with Gasteiger partial charge in [0.05, 0.1) is 18.8 Å². The molecule has 112 valence electrons. The molecule has 1 rings (SSSR count). The van der Waals surface area contributed by atoms with Crippen molar-refractivity contribution in [2.75, 3.05) is 12.4 Å². The smallest absolute Gasteiger partial charge is 0.328 e. The molecule has 0 heterocycles. The molecular formula is C13H15N3O5. The molecule has 8 heteroatoms. The number of ether oxygens (including phenoxy) is 1. The van der Waals surface area contributed by atoms with E-state index < -0.39 is 24.1 Å². The minimum atomic E-state index is -1.47. The van der Waals surface area contributed by atoms with Crippen LogP contribution in [0.4, 0.5) is 10.5 Å². The SMILES string of the molecule is COc1cccc(C#N)c1NC(=O)N[C@H](C(=O)O)[C@@H](C)O. The predicted molar refractivity (Wildman–Crippen MR) is 73.0 cm³/mol. The molecule has 1 aromatic rings. The average Bonchev–Trinajstić information content (AvgIpc) is 2.44. The molecule has 0 saturated carbocycles. The van der Waals surface area contributed by atoms with E-state index in [1.807, 2.05) is 6.07 Å². The van der Waals surface area contributed by atoms with Crippen LogP contribution < -0.4 is 15.4 Å². The molecule has 4 N–H and O–H groups in total. The Morgan fingerprint density at radius 1 is 1.43 bits per heavy atom. The number of para-hydroxylation sites is 1. The van der Waals surface area contributed by atoms with E-state index in [1.54, 1.807) is 12.1 Å². The number of nitrogens with zero attached hydrogens (tertiary/aromatic N) is 1. The number of carboxylic acids is 1. The molecule has 8 nitrogen and oxygen atoms in total. The van der Waals surface area contributed by atoms with Crippen molar-refractivity contribution in [2.24, 2.45) is 0 Å². The first-order chi connectivity index (χ1) is 9.90. The largest absolute Gasteiger partial charge is 0.495 e. The number of benzene rings is 1. The number of hydrogen-bond donors (Lipinski definition) is 4. The number of carboxylic acid groups (broad SMARTS) is 1. The first kappa shape index (κ1) is 16.3. The van der Waals surface area contributed by atoms with E-state index >= 15 is 0 Å². The highest BCUT2D eigenvalue weighted by Gasteiger charge is 2.25. The van der Waals surface area contributed by atoms with E-state index in [9.17, 15) is 14.7 Å². The lowest BCUT2D eigenvalue weighted by molar-refractivity contribution is -0.141. The summed E-state index contributed by atoms with van der Waals surface area (Å²) in [5, 5.41) is 31.6. The summed E-state index contributed by atoms with van der Waals surface area (Å²) in [7, 11) is 1.37. The standard InChI is InChI=1S/C13H15N3O5/c1-7(17)10(12(18)19)15-13(20)16-11-8(6-14)4-3-5-9(11)21-2/h3-5,7,10,17H,1-2H3,(H,18,19)(H2,15,16,20)/t7-,10+/m1/s1. The van der Waals surface area contributed by atoms with Gasteiger partial charge in [-0.15, -0.1) is 0 Å². The van der Waals surface area contributed by atoms with Crippen molar-refractivity contribution in [2.45, 2.75) is 19.1 Å². The summed E-state index contributed by atoms with van der Waals surface area (Å²) in [5.41, 5.74) is 0.281. The second kappa shape index (κ2) is 7.12. The van der Waals surface area contributed by atoms with Crippen molar-refractivity contribution in [3.05, 3.63) is 23.8 Å². The van der Waals surface area contributed by atoms with Crippen molar-refractivity contribution < 1.29 is 24.5 Å². The molecule has 0 aliphatic carbocycles. The van der Waals surface area contributed by atoms with E-state index in [2.05, 4.69) is 10.6 Å². The zero-order valence-corrected chi connectivity index (χ0v) is 11.5. The monoisotopic (exact) mass is 293 g/mol. The lowest BCUT2D eigenvalue weighted by atomic mass is 10.1. The number of aliphatic carboxylic acids is 1. The minimum Gasteiger partial charge on any atom is -0.495 e. The van der Waals surface area contributed by atoms with Crippen LogP contribution in [0.15, 0.2) is 18.2 Å². The van der Waals surface area contributed by atoms with Crippen LogP contribution in [0.1, 0.15) is 12.5 Å². The molecule has 1 aromatic carbocycles. The number of nitriles is 1. The molecule has 0 radical (unpaired) electrons. The maximum Gasteiger partial charge on any atom is 0.328 e. The molecule has 0 aromatic heterocycles. The highest BCUT2D eigenvalue weighted by atomic mass is 16.5. The minimum absolute atomic E-state index is 0.120. The predicted octanol–water partition coefficient (Wildman–Crippen LogP) is 0.522. The lowest BCUT2D eigenvalue weighted by Gasteiger charge is -2.18. The topological polar surface area (TPSA) is 132 Å². The van der Waals surface area contributed by atoms with Crippen molar-refractivity contribution >= 4 is 17.7 Å². The van der Waals surface area contributed by atoms with Crippen LogP contribution in [0.5, 0.6) is 5.75 Å². The van der Waals surface area contributed by atoms with E-state index in [-0.39, 0.29) is 17.0 Å². The van der Waals surface area contributed by atoms with Crippen molar-refractivity contribution in [3.63, 3.8) is 0 Å².